The van der Waals surface area contributed by atoms with Crippen LogP contribution in [0.1, 0.15) is 38.2 Å². The first-order valence-corrected chi connectivity index (χ1v) is 7.76. The molecule has 2 aromatic rings. The van der Waals surface area contributed by atoms with Gasteiger partial charge in [0.15, 0.2) is 5.82 Å². The third-order valence-electron chi connectivity index (χ3n) is 4.24. The molecule has 1 aliphatic carbocycles. The lowest BCUT2D eigenvalue weighted by Crippen LogP contribution is -2.13. The molecule has 0 saturated carbocycles. The molecule has 0 bridgehead atoms. The van der Waals surface area contributed by atoms with Gasteiger partial charge >= 0.3 is 5.97 Å². The Morgan fingerprint density at radius 3 is 3.09 bits per heavy atom. The van der Waals surface area contributed by atoms with E-state index in [1.807, 2.05) is 19.1 Å². The molecule has 1 atom stereocenters. The van der Waals surface area contributed by atoms with Crippen LogP contribution < -0.4 is 5.73 Å². The van der Waals surface area contributed by atoms with Gasteiger partial charge in [0, 0.05) is 6.42 Å². The maximum atomic E-state index is 11.6. The predicted molar refractivity (Wildman–Crippen MR) is 87.1 cm³/mol. The summed E-state index contributed by atoms with van der Waals surface area (Å²) in [7, 11) is 0. The molecule has 0 amide bonds. The van der Waals surface area contributed by atoms with Crippen molar-refractivity contribution in [2.75, 3.05) is 12.3 Å². The second-order valence-electron chi connectivity index (χ2n) is 5.72. The van der Waals surface area contributed by atoms with Crippen LogP contribution >= 0.6 is 0 Å². The first-order valence-electron chi connectivity index (χ1n) is 7.76. The van der Waals surface area contributed by atoms with Crippen LogP contribution in [0, 0.1) is 5.92 Å². The van der Waals surface area contributed by atoms with Crippen molar-refractivity contribution in [1.82, 2.24) is 10.2 Å². The predicted octanol–water partition coefficient (Wildman–Crippen LogP) is 3.28. The number of rotatable bonds is 4. The number of esters is 1. The summed E-state index contributed by atoms with van der Waals surface area (Å²) >= 11 is 0. The number of nitrogens with one attached hydrogen (secondary N) is 1. The van der Waals surface area contributed by atoms with Crippen molar-refractivity contribution in [2.45, 2.75) is 32.6 Å². The zero-order valence-electron chi connectivity index (χ0n) is 12.8. The number of carbonyl (C=O) groups excluding carboxylic acids is 1. The summed E-state index contributed by atoms with van der Waals surface area (Å²) < 4.78 is 5.03. The van der Waals surface area contributed by atoms with E-state index in [0.29, 0.717) is 24.8 Å². The Bertz CT molecular complexity index is 718. The third kappa shape index (κ3) is 2.84. The van der Waals surface area contributed by atoms with E-state index in [-0.39, 0.29) is 5.97 Å². The van der Waals surface area contributed by atoms with Crippen LogP contribution in [0.3, 0.4) is 0 Å². The number of anilines is 1. The van der Waals surface area contributed by atoms with Crippen molar-refractivity contribution in [3.63, 3.8) is 0 Å². The normalized spacial score (nSPS) is 18.2. The molecule has 1 aromatic heterocycles. The minimum atomic E-state index is -0.0921. The largest absolute Gasteiger partial charge is 0.466 e. The molecule has 0 saturated heterocycles. The fourth-order valence-corrected chi connectivity index (χ4v) is 3.14. The second-order valence-corrected chi connectivity index (χ2v) is 5.72. The molecule has 1 heterocycles. The number of allylic oxidation sites excluding steroid dienone is 2. The van der Waals surface area contributed by atoms with Crippen LogP contribution in [-0.2, 0) is 9.53 Å². The summed E-state index contributed by atoms with van der Waals surface area (Å²) in [6, 6.07) is 6.09. The first-order chi connectivity index (χ1) is 10.7. The molecule has 1 aliphatic rings. The van der Waals surface area contributed by atoms with E-state index in [0.717, 1.165) is 35.7 Å². The molecule has 3 rings (SSSR count). The molecule has 5 heteroatoms. The van der Waals surface area contributed by atoms with E-state index < -0.39 is 0 Å². The number of nitrogens with two attached hydrogens (primary N) is 1. The van der Waals surface area contributed by atoms with Crippen LogP contribution in [0.4, 0.5) is 5.82 Å². The van der Waals surface area contributed by atoms with Crippen molar-refractivity contribution >= 4 is 28.3 Å². The Morgan fingerprint density at radius 1 is 1.50 bits per heavy atom. The van der Waals surface area contributed by atoms with E-state index in [2.05, 4.69) is 22.3 Å². The fraction of sp³-hybridized carbons (Fsp3) is 0.412. The SMILES string of the molecule is CCOC(=O)CC1CC=C(c2cccc3[nH]nc(N)c23)CC1. The minimum absolute atomic E-state index is 0.0921. The number of fused-ring (bicyclic) bond motifs is 1. The lowest BCUT2D eigenvalue weighted by Gasteiger charge is -2.21. The Labute approximate surface area is 129 Å². The highest BCUT2D eigenvalue weighted by Crippen LogP contribution is 2.36. The maximum absolute atomic E-state index is 11.6. The standard InChI is InChI=1S/C17H21N3O2/c1-2-22-15(21)10-11-6-8-12(9-7-11)13-4-3-5-14-16(13)17(18)20-19-14/h3-5,8,11H,2,6-7,9-10H2,1H3,(H3,18,19,20). The lowest BCUT2D eigenvalue weighted by atomic mass is 9.84. The van der Waals surface area contributed by atoms with Gasteiger partial charge in [0.2, 0.25) is 0 Å². The van der Waals surface area contributed by atoms with Crippen molar-refractivity contribution in [2.24, 2.45) is 5.92 Å². The quantitative estimate of drug-likeness (QED) is 0.849. The Kier molecular flexibility index (Phi) is 4.13. The van der Waals surface area contributed by atoms with Gasteiger partial charge in [-0.1, -0.05) is 18.2 Å². The topological polar surface area (TPSA) is 81.0 Å². The monoisotopic (exact) mass is 299 g/mol. The van der Waals surface area contributed by atoms with Gasteiger partial charge in [0.25, 0.3) is 0 Å². The van der Waals surface area contributed by atoms with E-state index >= 15 is 0 Å². The van der Waals surface area contributed by atoms with Crippen LogP contribution in [0.15, 0.2) is 24.3 Å². The van der Waals surface area contributed by atoms with Gasteiger partial charge < -0.3 is 10.5 Å². The molecule has 0 aliphatic heterocycles. The Morgan fingerprint density at radius 2 is 2.36 bits per heavy atom. The number of hydrogen-bond acceptors (Lipinski definition) is 4. The summed E-state index contributed by atoms with van der Waals surface area (Å²) in [6.45, 7) is 2.29. The molecule has 1 aromatic carbocycles. The summed E-state index contributed by atoms with van der Waals surface area (Å²) in [5.41, 5.74) is 9.38. The van der Waals surface area contributed by atoms with Crippen molar-refractivity contribution in [3.05, 3.63) is 29.8 Å². The number of ether oxygens (including phenoxy) is 1. The highest BCUT2D eigenvalue weighted by Gasteiger charge is 2.20. The zero-order valence-corrected chi connectivity index (χ0v) is 12.8. The van der Waals surface area contributed by atoms with E-state index in [1.165, 1.54) is 5.57 Å². The molecule has 0 radical (unpaired) electrons. The minimum Gasteiger partial charge on any atom is -0.466 e. The average Bonchev–Trinajstić information content (AvgIpc) is 2.90. The van der Waals surface area contributed by atoms with Crippen molar-refractivity contribution in [3.8, 4) is 0 Å². The van der Waals surface area contributed by atoms with Gasteiger partial charge in [-0.25, -0.2) is 0 Å². The molecule has 5 nitrogen and oxygen atoms in total. The molecule has 0 fully saturated rings. The summed E-state index contributed by atoms with van der Waals surface area (Å²) in [5, 5.41) is 8.04. The molecule has 1 unspecified atom stereocenters. The number of aromatic nitrogens is 2. The second kappa shape index (κ2) is 6.22. The van der Waals surface area contributed by atoms with Gasteiger partial charge in [-0.3, -0.25) is 9.89 Å². The Hall–Kier alpha value is -2.30. The number of nitrogens with zero attached hydrogens (tertiary/aromatic N) is 1. The van der Waals surface area contributed by atoms with Crippen molar-refractivity contribution in [1.29, 1.82) is 0 Å². The summed E-state index contributed by atoms with van der Waals surface area (Å²) in [4.78, 5) is 11.6. The summed E-state index contributed by atoms with van der Waals surface area (Å²) in [6.07, 6.45) is 5.60. The molecule has 3 N–H and O–H groups in total. The highest BCUT2D eigenvalue weighted by atomic mass is 16.5. The third-order valence-corrected chi connectivity index (χ3v) is 4.24. The first kappa shape index (κ1) is 14.6. The van der Waals surface area contributed by atoms with Gasteiger partial charge in [0.1, 0.15) is 0 Å². The van der Waals surface area contributed by atoms with Crippen LogP contribution in [-0.4, -0.2) is 22.8 Å². The maximum Gasteiger partial charge on any atom is 0.306 e. The van der Waals surface area contributed by atoms with Crippen LogP contribution in [0.5, 0.6) is 0 Å². The number of hydrogen-bond donors (Lipinski definition) is 2. The zero-order chi connectivity index (χ0) is 15.5. The number of carbonyl (C=O) groups is 1. The molecular formula is C17H21N3O2. The lowest BCUT2D eigenvalue weighted by molar-refractivity contribution is -0.144. The molecule has 116 valence electrons. The van der Waals surface area contributed by atoms with Gasteiger partial charge in [0.05, 0.1) is 17.5 Å². The van der Waals surface area contributed by atoms with Gasteiger partial charge in [-0.15, -0.1) is 0 Å². The average molecular weight is 299 g/mol. The van der Waals surface area contributed by atoms with E-state index in [4.69, 9.17) is 10.5 Å². The van der Waals surface area contributed by atoms with Gasteiger partial charge in [-0.2, -0.15) is 5.10 Å². The van der Waals surface area contributed by atoms with E-state index in [9.17, 15) is 4.79 Å². The van der Waals surface area contributed by atoms with Gasteiger partial charge in [-0.05, 0) is 49.3 Å². The van der Waals surface area contributed by atoms with Crippen molar-refractivity contribution < 1.29 is 9.53 Å². The van der Waals surface area contributed by atoms with E-state index in [1.54, 1.807) is 0 Å². The number of H-pyrrole nitrogens is 1. The highest BCUT2D eigenvalue weighted by molar-refractivity contribution is 5.98. The van der Waals surface area contributed by atoms with Crippen LogP contribution in [0.2, 0.25) is 0 Å². The number of aromatic amines is 1. The molecule has 22 heavy (non-hydrogen) atoms. The Balaban J connectivity index is 1.78. The molecule has 0 spiro atoms. The fourth-order valence-electron chi connectivity index (χ4n) is 3.14. The molecular weight excluding hydrogens is 278 g/mol. The van der Waals surface area contributed by atoms with Crippen LogP contribution in [0.25, 0.3) is 16.5 Å². The smallest absolute Gasteiger partial charge is 0.306 e. The summed E-state index contributed by atoms with van der Waals surface area (Å²) in [5.74, 6) is 0.828. The number of benzene rings is 1. The number of nitrogen functional groups attached to an aromatic ring is 1.